The lowest BCUT2D eigenvalue weighted by Gasteiger charge is -2.03. The predicted octanol–water partition coefficient (Wildman–Crippen LogP) is 4.90. The lowest BCUT2D eigenvalue weighted by atomic mass is 10.0. The number of hydrogen-bond acceptors (Lipinski definition) is 2. The molecule has 0 aliphatic rings. The third-order valence-corrected chi connectivity index (χ3v) is 3.43. The van der Waals surface area contributed by atoms with E-state index in [0.29, 0.717) is 10.6 Å². The molecule has 0 aromatic heterocycles. The minimum atomic E-state index is -0.467. The van der Waals surface area contributed by atoms with Gasteiger partial charge in [0.1, 0.15) is 5.82 Å². The van der Waals surface area contributed by atoms with Crippen LogP contribution in [0.5, 0.6) is 0 Å². The highest BCUT2D eigenvalue weighted by Gasteiger charge is 2.04. The van der Waals surface area contributed by atoms with Gasteiger partial charge in [0, 0.05) is 22.9 Å². The maximum atomic E-state index is 13.5. The Balaban J connectivity index is 2.06. The van der Waals surface area contributed by atoms with Crippen LogP contribution in [0.1, 0.15) is 21.5 Å². The van der Waals surface area contributed by atoms with Crippen molar-refractivity contribution in [3.63, 3.8) is 0 Å². The number of hydrogen-bond donors (Lipinski definition) is 1. The van der Waals surface area contributed by atoms with Gasteiger partial charge in [-0.15, -0.1) is 0 Å². The summed E-state index contributed by atoms with van der Waals surface area (Å²) in [6, 6.07) is 9.82. The zero-order chi connectivity index (χ0) is 15.4. The van der Waals surface area contributed by atoms with Crippen molar-refractivity contribution >= 4 is 23.1 Å². The summed E-state index contributed by atoms with van der Waals surface area (Å²) in [7, 11) is 0. The van der Waals surface area contributed by atoms with E-state index >= 15 is 0 Å². The van der Waals surface area contributed by atoms with Crippen LogP contribution in [0.3, 0.4) is 0 Å². The maximum Gasteiger partial charge on any atom is 0.187 e. The summed E-state index contributed by atoms with van der Waals surface area (Å²) in [6.45, 7) is 3.95. The fraction of sp³-hybridized carbons (Fsp3) is 0.118. The molecule has 0 unspecified atom stereocenters. The fourth-order valence-electron chi connectivity index (χ4n) is 1.80. The monoisotopic (exact) mass is 303 g/mol. The van der Waals surface area contributed by atoms with Crippen molar-refractivity contribution in [3.8, 4) is 0 Å². The largest absolute Gasteiger partial charge is 0.359 e. The van der Waals surface area contributed by atoms with Gasteiger partial charge in [0.15, 0.2) is 5.78 Å². The summed E-state index contributed by atoms with van der Waals surface area (Å²) in [4.78, 5) is 12.0. The van der Waals surface area contributed by atoms with Crippen molar-refractivity contribution < 1.29 is 9.18 Å². The lowest BCUT2D eigenvalue weighted by molar-refractivity contribution is 0.104. The summed E-state index contributed by atoms with van der Waals surface area (Å²) in [6.07, 6.45) is 2.79. The molecular weight excluding hydrogens is 289 g/mol. The highest BCUT2D eigenvalue weighted by atomic mass is 35.5. The molecule has 0 radical (unpaired) electrons. The first-order valence-corrected chi connectivity index (χ1v) is 6.85. The third-order valence-electron chi connectivity index (χ3n) is 3.20. The van der Waals surface area contributed by atoms with Crippen molar-refractivity contribution in [3.05, 3.63) is 76.2 Å². The number of carbonyl (C=O) groups is 1. The topological polar surface area (TPSA) is 29.1 Å². The Bertz CT molecular complexity index is 710. The quantitative estimate of drug-likeness (QED) is 0.642. The number of nitrogens with one attached hydrogen (secondary N) is 1. The molecule has 1 N–H and O–H groups in total. The van der Waals surface area contributed by atoms with Gasteiger partial charge < -0.3 is 5.32 Å². The van der Waals surface area contributed by atoms with E-state index < -0.39 is 5.82 Å². The Kier molecular flexibility index (Phi) is 4.76. The number of rotatable bonds is 4. The van der Waals surface area contributed by atoms with Crippen LogP contribution in [-0.4, -0.2) is 5.78 Å². The van der Waals surface area contributed by atoms with E-state index in [9.17, 15) is 9.18 Å². The Morgan fingerprint density at radius 3 is 2.57 bits per heavy atom. The van der Waals surface area contributed by atoms with Gasteiger partial charge in [-0.1, -0.05) is 23.7 Å². The molecule has 0 amide bonds. The highest BCUT2D eigenvalue weighted by molar-refractivity contribution is 6.30. The molecule has 2 nitrogen and oxygen atoms in total. The van der Waals surface area contributed by atoms with Gasteiger partial charge in [0.2, 0.25) is 0 Å². The molecule has 0 saturated carbocycles. The molecule has 2 aromatic rings. The Morgan fingerprint density at radius 2 is 1.90 bits per heavy atom. The zero-order valence-electron chi connectivity index (χ0n) is 11.8. The van der Waals surface area contributed by atoms with Gasteiger partial charge in [0.25, 0.3) is 0 Å². The first-order chi connectivity index (χ1) is 9.97. The van der Waals surface area contributed by atoms with E-state index in [2.05, 4.69) is 5.32 Å². The average Bonchev–Trinajstić information content (AvgIpc) is 2.44. The van der Waals surface area contributed by atoms with Crippen LogP contribution < -0.4 is 5.32 Å². The Morgan fingerprint density at radius 1 is 1.14 bits per heavy atom. The van der Waals surface area contributed by atoms with Gasteiger partial charge in [-0.05, 0) is 49.2 Å². The van der Waals surface area contributed by atoms with E-state index in [1.165, 1.54) is 24.4 Å². The highest BCUT2D eigenvalue weighted by Crippen LogP contribution is 2.18. The molecule has 0 atom stereocenters. The number of benzene rings is 2. The van der Waals surface area contributed by atoms with Crippen LogP contribution in [-0.2, 0) is 0 Å². The molecule has 21 heavy (non-hydrogen) atoms. The van der Waals surface area contributed by atoms with Crippen LogP contribution in [0.25, 0.3) is 0 Å². The van der Waals surface area contributed by atoms with E-state index in [4.69, 9.17) is 11.6 Å². The van der Waals surface area contributed by atoms with Crippen LogP contribution in [0.15, 0.2) is 48.7 Å². The second-order valence-corrected chi connectivity index (χ2v) is 5.20. The third kappa shape index (κ3) is 3.92. The molecule has 2 rings (SSSR count). The van der Waals surface area contributed by atoms with E-state index in [0.717, 1.165) is 11.1 Å². The van der Waals surface area contributed by atoms with Crippen molar-refractivity contribution in [2.75, 3.05) is 5.32 Å². The standard InChI is InChI=1S/C17H15ClFNO/c1-11-3-4-13(9-12(11)2)17(21)7-8-20-16-6-5-14(18)10-15(16)19/h3-10,20H,1-2H3. The number of carbonyl (C=O) groups excluding carboxylic acids is 1. The van der Waals surface area contributed by atoms with Crippen LogP contribution in [0, 0.1) is 19.7 Å². The van der Waals surface area contributed by atoms with Crippen LogP contribution in [0.2, 0.25) is 5.02 Å². The maximum absolute atomic E-state index is 13.5. The summed E-state index contributed by atoms with van der Waals surface area (Å²) in [5.74, 6) is -0.606. The van der Waals surface area contributed by atoms with E-state index in [1.54, 1.807) is 12.1 Å². The SMILES string of the molecule is Cc1ccc(C(=O)C=CNc2ccc(Cl)cc2F)cc1C. The van der Waals surface area contributed by atoms with Crippen LogP contribution in [0.4, 0.5) is 10.1 Å². The predicted molar refractivity (Wildman–Crippen MR) is 84.4 cm³/mol. The minimum Gasteiger partial charge on any atom is -0.359 e. The molecule has 0 bridgehead atoms. The summed E-state index contributed by atoms with van der Waals surface area (Å²) >= 11 is 5.67. The zero-order valence-corrected chi connectivity index (χ0v) is 12.5. The number of allylic oxidation sites excluding steroid dienone is 1. The second kappa shape index (κ2) is 6.55. The molecule has 0 heterocycles. The van der Waals surface area contributed by atoms with Crippen molar-refractivity contribution in [2.24, 2.45) is 0 Å². The lowest BCUT2D eigenvalue weighted by Crippen LogP contribution is -1.98. The fourth-order valence-corrected chi connectivity index (χ4v) is 1.96. The Labute approximate surface area is 128 Å². The normalized spacial score (nSPS) is 10.9. The van der Waals surface area contributed by atoms with Crippen LogP contribution >= 0.6 is 11.6 Å². The molecular formula is C17H15ClFNO. The summed E-state index contributed by atoms with van der Waals surface area (Å²) in [5, 5.41) is 3.06. The number of ketones is 1. The first kappa shape index (κ1) is 15.3. The molecule has 0 aliphatic heterocycles. The van der Waals surface area contributed by atoms with Crippen molar-refractivity contribution in [1.82, 2.24) is 0 Å². The van der Waals surface area contributed by atoms with E-state index in [-0.39, 0.29) is 11.5 Å². The summed E-state index contributed by atoms with van der Waals surface area (Å²) < 4.78 is 13.5. The number of anilines is 1. The minimum absolute atomic E-state index is 0.139. The Hall–Kier alpha value is -2.13. The molecule has 0 aliphatic carbocycles. The van der Waals surface area contributed by atoms with Crippen molar-refractivity contribution in [1.29, 1.82) is 0 Å². The van der Waals surface area contributed by atoms with Gasteiger partial charge in [0.05, 0.1) is 5.69 Å². The molecule has 2 aromatic carbocycles. The molecule has 0 spiro atoms. The first-order valence-electron chi connectivity index (χ1n) is 6.47. The van der Waals surface area contributed by atoms with Gasteiger partial charge in [-0.25, -0.2) is 4.39 Å². The second-order valence-electron chi connectivity index (χ2n) is 4.77. The number of halogens is 2. The van der Waals surface area contributed by atoms with Crippen molar-refractivity contribution in [2.45, 2.75) is 13.8 Å². The van der Waals surface area contributed by atoms with E-state index in [1.807, 2.05) is 26.0 Å². The molecule has 0 saturated heterocycles. The van der Waals surface area contributed by atoms with Gasteiger partial charge >= 0.3 is 0 Å². The molecule has 0 fully saturated rings. The summed E-state index contributed by atoms with van der Waals surface area (Å²) in [5.41, 5.74) is 3.07. The van der Waals surface area contributed by atoms with Gasteiger partial charge in [-0.2, -0.15) is 0 Å². The average molecular weight is 304 g/mol. The van der Waals surface area contributed by atoms with Gasteiger partial charge in [-0.3, -0.25) is 4.79 Å². The molecule has 4 heteroatoms. The molecule has 108 valence electrons. The number of aryl methyl sites for hydroxylation is 2. The smallest absolute Gasteiger partial charge is 0.187 e.